The summed E-state index contributed by atoms with van der Waals surface area (Å²) in [6.07, 6.45) is -7.77. The van der Waals surface area contributed by atoms with Crippen molar-refractivity contribution in [2.75, 3.05) is 0 Å². The third kappa shape index (κ3) is 6.07. The number of alkyl halides is 6. The Morgan fingerprint density at radius 2 is 1.27 bits per heavy atom. The second-order valence-electron chi connectivity index (χ2n) is 4.16. The van der Waals surface area contributed by atoms with Crippen LogP contribution >= 0.6 is 0 Å². The van der Waals surface area contributed by atoms with Crippen LogP contribution in [0.15, 0.2) is 72.8 Å². The highest BCUT2D eigenvalue weighted by Gasteiger charge is 2.39. The minimum atomic E-state index is -4.86. The molecule has 0 aromatic rings. The van der Waals surface area contributed by atoms with Crippen molar-refractivity contribution < 1.29 is 31.1 Å². The van der Waals surface area contributed by atoms with E-state index in [1.807, 2.05) is 0 Å². The van der Waals surface area contributed by atoms with Crippen molar-refractivity contribution >= 4 is 0 Å². The third-order valence-corrected chi connectivity index (χ3v) is 2.13. The van der Waals surface area contributed by atoms with Gasteiger partial charge in [0.05, 0.1) is 11.1 Å². The molecule has 0 rings (SSSR count). The van der Waals surface area contributed by atoms with E-state index in [9.17, 15) is 26.3 Å². The number of rotatable bonds is 6. The molecule has 0 N–H and O–H groups in total. The maximum atomic E-state index is 12.8. The molecule has 0 aliphatic carbocycles. The van der Waals surface area contributed by atoms with E-state index in [1.165, 1.54) is 6.92 Å². The standard InChI is InChI=1S/C15H14F6O/c1-6-7-12(14(16,17)18)10(4)22-11(5)13(8-9(2)3)15(19,20)21/h6-8H,1-2,4-5H2,3H3/b12-7+,13-8+. The number of hydrogen-bond acceptors (Lipinski definition) is 1. The summed E-state index contributed by atoms with van der Waals surface area (Å²) in [7, 11) is 0. The molecule has 0 aromatic heterocycles. The minimum Gasteiger partial charge on any atom is -0.457 e. The molecule has 0 aliphatic heterocycles. The van der Waals surface area contributed by atoms with Crippen molar-refractivity contribution in [3.8, 4) is 0 Å². The van der Waals surface area contributed by atoms with Gasteiger partial charge in [-0.15, -0.1) is 0 Å². The van der Waals surface area contributed by atoms with E-state index in [2.05, 4.69) is 31.1 Å². The van der Waals surface area contributed by atoms with Crippen LogP contribution in [0, 0.1) is 0 Å². The largest absolute Gasteiger partial charge is 0.457 e. The van der Waals surface area contributed by atoms with Gasteiger partial charge in [0, 0.05) is 0 Å². The van der Waals surface area contributed by atoms with Crippen LogP contribution in [0.3, 0.4) is 0 Å². The van der Waals surface area contributed by atoms with Gasteiger partial charge >= 0.3 is 12.4 Å². The number of ether oxygens (including phenoxy) is 1. The van der Waals surface area contributed by atoms with Crippen molar-refractivity contribution in [1.29, 1.82) is 0 Å². The van der Waals surface area contributed by atoms with Gasteiger partial charge in [0.2, 0.25) is 0 Å². The summed E-state index contributed by atoms with van der Waals surface area (Å²) < 4.78 is 81.2. The zero-order valence-electron chi connectivity index (χ0n) is 11.7. The molecule has 0 heterocycles. The van der Waals surface area contributed by atoms with Gasteiger partial charge in [-0.3, -0.25) is 0 Å². The van der Waals surface area contributed by atoms with Gasteiger partial charge in [0.1, 0.15) is 11.5 Å². The fraction of sp³-hybridized carbons (Fsp3) is 0.200. The second-order valence-corrected chi connectivity index (χ2v) is 4.16. The number of allylic oxidation sites excluding steroid dienone is 6. The Morgan fingerprint density at radius 1 is 0.864 bits per heavy atom. The first-order valence-electron chi connectivity index (χ1n) is 5.71. The first-order chi connectivity index (χ1) is 9.80. The van der Waals surface area contributed by atoms with Crippen LogP contribution in [0.4, 0.5) is 26.3 Å². The zero-order valence-corrected chi connectivity index (χ0v) is 11.7. The van der Waals surface area contributed by atoms with E-state index in [0.717, 1.165) is 6.08 Å². The lowest BCUT2D eigenvalue weighted by Crippen LogP contribution is -2.18. The van der Waals surface area contributed by atoms with Crippen molar-refractivity contribution in [3.05, 3.63) is 72.8 Å². The van der Waals surface area contributed by atoms with E-state index in [-0.39, 0.29) is 5.57 Å². The van der Waals surface area contributed by atoms with Gasteiger partial charge in [-0.2, -0.15) is 26.3 Å². The Kier molecular flexibility index (Phi) is 6.48. The Hall–Kier alpha value is -2.18. The minimum absolute atomic E-state index is 0.0281. The lowest BCUT2D eigenvalue weighted by atomic mass is 10.1. The Labute approximate surface area is 124 Å². The smallest absolute Gasteiger partial charge is 0.419 e. The van der Waals surface area contributed by atoms with Crippen LogP contribution in [-0.2, 0) is 4.74 Å². The van der Waals surface area contributed by atoms with Crippen LogP contribution in [0.5, 0.6) is 0 Å². The van der Waals surface area contributed by atoms with E-state index in [4.69, 9.17) is 0 Å². The SMILES string of the molecule is C=C/C=C(\C(=C)OC(=C)/C(=C\C(=C)C)C(F)(F)F)C(F)(F)F. The monoisotopic (exact) mass is 324 g/mol. The van der Waals surface area contributed by atoms with Crippen molar-refractivity contribution in [1.82, 2.24) is 0 Å². The zero-order chi connectivity index (χ0) is 17.7. The van der Waals surface area contributed by atoms with Gasteiger partial charge in [-0.25, -0.2) is 0 Å². The van der Waals surface area contributed by atoms with E-state index < -0.39 is 35.0 Å². The fourth-order valence-electron chi connectivity index (χ4n) is 1.29. The molecule has 0 amide bonds. The maximum absolute atomic E-state index is 12.8. The fourth-order valence-corrected chi connectivity index (χ4v) is 1.29. The Balaban J connectivity index is 5.50. The number of halogens is 6. The summed E-state index contributed by atoms with van der Waals surface area (Å²) in [5.74, 6) is -2.03. The molecular formula is C15H14F6O. The lowest BCUT2D eigenvalue weighted by molar-refractivity contribution is -0.0963. The van der Waals surface area contributed by atoms with Crippen LogP contribution in [0.25, 0.3) is 0 Å². The van der Waals surface area contributed by atoms with Crippen LogP contribution < -0.4 is 0 Å². The third-order valence-electron chi connectivity index (χ3n) is 2.13. The van der Waals surface area contributed by atoms with Crippen molar-refractivity contribution in [2.24, 2.45) is 0 Å². The average molecular weight is 324 g/mol. The first-order valence-corrected chi connectivity index (χ1v) is 5.71. The average Bonchev–Trinajstić information content (AvgIpc) is 2.29. The molecule has 0 bridgehead atoms. The predicted octanol–water partition coefficient (Wildman–Crippen LogP) is 5.77. The molecule has 0 atom stereocenters. The lowest BCUT2D eigenvalue weighted by Gasteiger charge is -2.19. The van der Waals surface area contributed by atoms with Crippen LogP contribution in [-0.4, -0.2) is 12.4 Å². The molecule has 1 nitrogen and oxygen atoms in total. The van der Waals surface area contributed by atoms with Gasteiger partial charge in [-0.05, 0) is 19.1 Å². The highest BCUT2D eigenvalue weighted by atomic mass is 19.4. The van der Waals surface area contributed by atoms with E-state index >= 15 is 0 Å². The first kappa shape index (κ1) is 19.8. The summed E-state index contributed by atoms with van der Waals surface area (Å²) in [4.78, 5) is 0. The van der Waals surface area contributed by atoms with Crippen molar-refractivity contribution in [3.63, 3.8) is 0 Å². The molecule has 0 spiro atoms. The topological polar surface area (TPSA) is 9.23 Å². The molecule has 0 radical (unpaired) electrons. The molecule has 22 heavy (non-hydrogen) atoms. The van der Waals surface area contributed by atoms with E-state index in [1.54, 1.807) is 0 Å². The highest BCUT2D eigenvalue weighted by Crippen LogP contribution is 2.36. The Bertz CT molecular complexity index is 543. The number of hydrogen-bond donors (Lipinski definition) is 0. The van der Waals surface area contributed by atoms with Gasteiger partial charge in [0.15, 0.2) is 0 Å². The molecule has 0 saturated heterocycles. The molecule has 7 heteroatoms. The summed E-state index contributed by atoms with van der Waals surface area (Å²) in [5.41, 5.74) is -2.68. The molecular weight excluding hydrogens is 310 g/mol. The van der Waals surface area contributed by atoms with Gasteiger partial charge < -0.3 is 4.74 Å². The second kappa shape index (κ2) is 7.20. The summed E-state index contributed by atoms with van der Waals surface area (Å²) in [5, 5.41) is 0. The highest BCUT2D eigenvalue weighted by molar-refractivity contribution is 5.38. The summed E-state index contributed by atoms with van der Waals surface area (Å²) >= 11 is 0. The van der Waals surface area contributed by atoms with Gasteiger partial charge in [0.25, 0.3) is 0 Å². The summed E-state index contributed by atoms with van der Waals surface area (Å²) in [6, 6.07) is 0. The predicted molar refractivity (Wildman–Crippen MR) is 72.7 cm³/mol. The maximum Gasteiger partial charge on any atom is 0.419 e. The molecule has 0 fully saturated rings. The van der Waals surface area contributed by atoms with E-state index in [0.29, 0.717) is 12.2 Å². The van der Waals surface area contributed by atoms with Gasteiger partial charge in [-0.1, -0.05) is 38.0 Å². The Morgan fingerprint density at radius 3 is 1.59 bits per heavy atom. The normalized spacial score (nSPS) is 13.6. The summed E-state index contributed by atoms with van der Waals surface area (Å²) in [6.45, 7) is 13.6. The van der Waals surface area contributed by atoms with Crippen LogP contribution in [0.2, 0.25) is 0 Å². The molecule has 0 aliphatic rings. The molecule has 0 unspecified atom stereocenters. The van der Waals surface area contributed by atoms with Crippen LogP contribution in [0.1, 0.15) is 6.92 Å². The quantitative estimate of drug-likeness (QED) is 0.342. The molecule has 0 saturated carbocycles. The molecule has 122 valence electrons. The van der Waals surface area contributed by atoms with Crippen molar-refractivity contribution in [2.45, 2.75) is 19.3 Å². The molecule has 0 aromatic carbocycles.